The molecule has 0 fully saturated rings. The van der Waals surface area contributed by atoms with Crippen LogP contribution in [0.2, 0.25) is 0 Å². The van der Waals surface area contributed by atoms with Gasteiger partial charge >= 0.3 is 5.69 Å². The Balaban J connectivity index is 1.56. The largest absolute Gasteiger partial charge is 0.332 e. The number of hydrogen-bond donors (Lipinski definition) is 1. The van der Waals surface area contributed by atoms with Crippen molar-refractivity contribution in [1.82, 2.24) is 28.1 Å². The number of nitrogens with one attached hydrogen (secondary N) is 1. The van der Waals surface area contributed by atoms with Crippen molar-refractivity contribution in [3.05, 3.63) is 81.4 Å². The van der Waals surface area contributed by atoms with E-state index in [1.54, 1.807) is 0 Å². The Morgan fingerprint density at radius 1 is 1.03 bits per heavy atom. The van der Waals surface area contributed by atoms with Crippen LogP contribution in [0, 0.1) is 6.92 Å². The molecule has 0 aliphatic heterocycles. The number of rotatable bonds is 4. The van der Waals surface area contributed by atoms with Gasteiger partial charge in [0.05, 0.1) is 6.33 Å². The molecule has 0 spiro atoms. The number of aryl methyl sites for hydroxylation is 2. The lowest BCUT2D eigenvalue weighted by molar-refractivity contribution is -0.116. The summed E-state index contributed by atoms with van der Waals surface area (Å²) >= 11 is 0. The molecule has 166 valence electrons. The van der Waals surface area contributed by atoms with E-state index in [1.807, 2.05) is 60.0 Å². The number of carbonyl (C=O) groups excluding carboxylic acids is 1. The fourth-order valence-electron chi connectivity index (χ4n) is 3.91. The van der Waals surface area contributed by atoms with Gasteiger partial charge in [-0.25, -0.2) is 14.8 Å². The Morgan fingerprint density at radius 2 is 1.79 bits per heavy atom. The van der Waals surface area contributed by atoms with E-state index in [1.165, 1.54) is 29.6 Å². The predicted octanol–water partition coefficient (Wildman–Crippen LogP) is 1.70. The minimum atomic E-state index is -0.506. The Kier molecular flexibility index (Phi) is 4.70. The molecule has 1 aromatic carbocycles. The van der Waals surface area contributed by atoms with E-state index in [9.17, 15) is 14.4 Å². The van der Waals surface area contributed by atoms with Crippen molar-refractivity contribution in [3.8, 4) is 11.3 Å². The van der Waals surface area contributed by atoms with E-state index in [0.717, 1.165) is 15.7 Å². The number of aromatic nitrogens is 6. The highest BCUT2D eigenvalue weighted by Gasteiger charge is 2.19. The molecule has 5 aromatic rings. The molecule has 1 amide bonds. The predicted molar refractivity (Wildman–Crippen MR) is 124 cm³/mol. The van der Waals surface area contributed by atoms with E-state index in [2.05, 4.69) is 10.3 Å². The quantitative estimate of drug-likeness (QED) is 0.455. The average molecular weight is 443 g/mol. The maximum atomic E-state index is 13.1. The molecule has 10 nitrogen and oxygen atoms in total. The number of benzene rings is 1. The van der Waals surface area contributed by atoms with Gasteiger partial charge in [-0.2, -0.15) is 0 Å². The van der Waals surface area contributed by atoms with Crippen LogP contribution in [0.25, 0.3) is 28.1 Å². The monoisotopic (exact) mass is 443 g/mol. The molecule has 4 heterocycles. The number of imidazole rings is 2. The first-order chi connectivity index (χ1) is 15.8. The molecule has 0 radical (unpaired) electrons. The summed E-state index contributed by atoms with van der Waals surface area (Å²) in [5.74, 6) is 0.181. The van der Waals surface area contributed by atoms with Gasteiger partial charge in [-0.15, -0.1) is 0 Å². The number of carbonyl (C=O) groups is 1. The van der Waals surface area contributed by atoms with Crippen molar-refractivity contribution in [2.75, 3.05) is 5.32 Å². The third kappa shape index (κ3) is 3.32. The Bertz CT molecular complexity index is 1660. The van der Waals surface area contributed by atoms with Crippen LogP contribution in [0.4, 0.5) is 5.82 Å². The molecule has 5 rings (SSSR count). The minimum Gasteiger partial charge on any atom is -0.315 e. The van der Waals surface area contributed by atoms with Crippen LogP contribution < -0.4 is 16.6 Å². The molecule has 4 aromatic heterocycles. The summed E-state index contributed by atoms with van der Waals surface area (Å²) in [6.45, 7) is 1.81. The molecule has 0 atom stereocenters. The van der Waals surface area contributed by atoms with Crippen LogP contribution in [0.5, 0.6) is 0 Å². The Morgan fingerprint density at radius 3 is 2.55 bits per heavy atom. The van der Waals surface area contributed by atoms with Crippen LogP contribution in [0.1, 0.15) is 5.56 Å². The van der Waals surface area contributed by atoms with E-state index < -0.39 is 11.2 Å². The summed E-state index contributed by atoms with van der Waals surface area (Å²) in [7, 11) is 2.93. The van der Waals surface area contributed by atoms with Gasteiger partial charge in [0.25, 0.3) is 5.56 Å². The topological polar surface area (TPSA) is 108 Å². The summed E-state index contributed by atoms with van der Waals surface area (Å²) in [6.07, 6.45) is 3.30. The van der Waals surface area contributed by atoms with Crippen LogP contribution in [-0.2, 0) is 25.4 Å². The molecule has 0 saturated heterocycles. The molecule has 1 N–H and O–H groups in total. The second kappa shape index (κ2) is 7.59. The van der Waals surface area contributed by atoms with Gasteiger partial charge in [0.15, 0.2) is 11.2 Å². The second-order valence-corrected chi connectivity index (χ2v) is 7.91. The van der Waals surface area contributed by atoms with Crippen molar-refractivity contribution in [2.45, 2.75) is 13.5 Å². The van der Waals surface area contributed by atoms with E-state index in [0.29, 0.717) is 17.2 Å². The molecule has 0 bridgehead atoms. The van der Waals surface area contributed by atoms with Gasteiger partial charge in [0.2, 0.25) is 5.91 Å². The lowest BCUT2D eigenvalue weighted by Crippen LogP contribution is -2.37. The van der Waals surface area contributed by atoms with Crippen LogP contribution in [0.3, 0.4) is 0 Å². The lowest BCUT2D eigenvalue weighted by Gasteiger charge is -2.10. The number of fused-ring (bicyclic) bond motifs is 2. The molecule has 10 heteroatoms. The van der Waals surface area contributed by atoms with Gasteiger partial charge < -0.3 is 9.88 Å². The van der Waals surface area contributed by atoms with Crippen molar-refractivity contribution in [3.63, 3.8) is 0 Å². The first-order valence-corrected chi connectivity index (χ1v) is 10.3. The zero-order valence-electron chi connectivity index (χ0n) is 18.3. The average Bonchev–Trinajstić information content (AvgIpc) is 3.38. The molecule has 0 saturated carbocycles. The number of anilines is 1. The normalized spacial score (nSPS) is 11.4. The fourth-order valence-corrected chi connectivity index (χ4v) is 3.91. The maximum absolute atomic E-state index is 13.1. The van der Waals surface area contributed by atoms with Crippen molar-refractivity contribution in [1.29, 1.82) is 0 Å². The summed E-state index contributed by atoms with van der Waals surface area (Å²) in [5.41, 5.74) is 2.66. The summed E-state index contributed by atoms with van der Waals surface area (Å²) in [6, 6.07) is 13.4. The zero-order valence-corrected chi connectivity index (χ0v) is 18.3. The molecule has 0 aliphatic rings. The van der Waals surface area contributed by atoms with E-state index >= 15 is 0 Å². The van der Waals surface area contributed by atoms with Crippen molar-refractivity contribution in [2.24, 2.45) is 14.1 Å². The number of hydrogen-bond acceptors (Lipinski definition) is 5. The highest BCUT2D eigenvalue weighted by molar-refractivity contribution is 5.95. The highest BCUT2D eigenvalue weighted by Crippen LogP contribution is 2.29. The summed E-state index contributed by atoms with van der Waals surface area (Å²) in [4.78, 5) is 46.8. The summed E-state index contributed by atoms with van der Waals surface area (Å²) in [5, 5.41) is 2.96. The third-order valence-corrected chi connectivity index (χ3v) is 5.60. The first kappa shape index (κ1) is 20.4. The highest BCUT2D eigenvalue weighted by atomic mass is 16.2. The van der Waals surface area contributed by atoms with Crippen LogP contribution in [0.15, 0.2) is 64.6 Å². The standard InChI is InChI=1S/C23H21N7O3/c1-14-9-10-16-25-18(15-7-5-4-6-8-15)20(30(16)11-14)26-17(31)12-29-13-24-21-19(29)22(32)28(3)23(33)27(21)2/h4-11,13H,12H2,1-3H3,(H,26,31). The molecular formula is C23H21N7O3. The smallest absolute Gasteiger partial charge is 0.315 e. The van der Waals surface area contributed by atoms with E-state index in [4.69, 9.17) is 4.98 Å². The Hall–Kier alpha value is -4.47. The SMILES string of the molecule is Cc1ccc2nc(-c3ccccc3)c(NC(=O)Cn3cnc4c3c(=O)n(C)c(=O)n4C)n2c1. The lowest BCUT2D eigenvalue weighted by atomic mass is 10.1. The number of amides is 1. The van der Waals surface area contributed by atoms with Gasteiger partial charge in [0.1, 0.15) is 23.7 Å². The maximum Gasteiger partial charge on any atom is 0.332 e. The van der Waals surface area contributed by atoms with Gasteiger partial charge in [-0.3, -0.25) is 23.1 Å². The zero-order chi connectivity index (χ0) is 23.3. The van der Waals surface area contributed by atoms with Gasteiger partial charge in [-0.1, -0.05) is 36.4 Å². The number of nitrogens with zero attached hydrogens (tertiary/aromatic N) is 6. The molecule has 0 aliphatic carbocycles. The van der Waals surface area contributed by atoms with Crippen molar-refractivity contribution < 1.29 is 4.79 Å². The fraction of sp³-hybridized carbons (Fsp3) is 0.174. The molecular weight excluding hydrogens is 422 g/mol. The van der Waals surface area contributed by atoms with E-state index in [-0.39, 0.29) is 23.6 Å². The first-order valence-electron chi connectivity index (χ1n) is 10.3. The minimum absolute atomic E-state index is 0.156. The second-order valence-electron chi connectivity index (χ2n) is 7.91. The number of pyridine rings is 1. The summed E-state index contributed by atoms with van der Waals surface area (Å²) < 4.78 is 5.57. The van der Waals surface area contributed by atoms with Crippen LogP contribution >= 0.6 is 0 Å². The third-order valence-electron chi connectivity index (χ3n) is 5.60. The Labute approximate surface area is 187 Å². The van der Waals surface area contributed by atoms with Gasteiger partial charge in [-0.05, 0) is 18.6 Å². The van der Waals surface area contributed by atoms with Crippen LogP contribution in [-0.4, -0.2) is 34.0 Å². The molecule has 33 heavy (non-hydrogen) atoms. The van der Waals surface area contributed by atoms with Gasteiger partial charge in [0, 0.05) is 25.9 Å². The molecule has 0 unspecified atom stereocenters. The van der Waals surface area contributed by atoms with Crippen molar-refractivity contribution >= 4 is 28.5 Å².